The molecule has 0 fully saturated rings. The maximum Gasteiger partial charge on any atom is 0.0595 e. The van der Waals surface area contributed by atoms with Gasteiger partial charge in [0.15, 0.2) is 0 Å². The van der Waals surface area contributed by atoms with Gasteiger partial charge in [-0.15, -0.1) is 0 Å². The smallest absolute Gasteiger partial charge is 0.0595 e. The van der Waals surface area contributed by atoms with Crippen LogP contribution in [0, 0.1) is 5.92 Å². The average Bonchev–Trinajstić information content (AvgIpc) is 2.23. The zero-order chi connectivity index (χ0) is 11.4. The van der Waals surface area contributed by atoms with E-state index in [0.29, 0.717) is 16.6 Å². The van der Waals surface area contributed by atoms with E-state index in [0.717, 1.165) is 12.0 Å². The summed E-state index contributed by atoms with van der Waals surface area (Å²) >= 11 is 11.8. The van der Waals surface area contributed by atoms with Crippen molar-refractivity contribution < 1.29 is 0 Å². The second-order valence-corrected chi connectivity index (χ2v) is 4.42. The lowest BCUT2D eigenvalue weighted by Gasteiger charge is -2.21. The lowest BCUT2D eigenvalue weighted by Crippen LogP contribution is -2.27. The molecule has 4 heteroatoms. The van der Waals surface area contributed by atoms with Gasteiger partial charge in [0.2, 0.25) is 0 Å². The molecule has 84 valence electrons. The van der Waals surface area contributed by atoms with Crippen LogP contribution >= 0.6 is 23.2 Å². The maximum atomic E-state index is 6.10. The zero-order valence-electron chi connectivity index (χ0n) is 8.71. The number of hydrogen-bond donors (Lipinski definition) is 2. The molecule has 0 heterocycles. The summed E-state index contributed by atoms with van der Waals surface area (Å²) < 4.78 is 0. The topological polar surface area (TPSA) is 52.0 Å². The van der Waals surface area contributed by atoms with E-state index in [1.165, 1.54) is 0 Å². The highest BCUT2D eigenvalue weighted by Crippen LogP contribution is 2.28. The van der Waals surface area contributed by atoms with E-state index in [-0.39, 0.29) is 12.0 Å². The number of nitrogens with two attached hydrogens (primary N) is 2. The second kappa shape index (κ2) is 5.71. The Morgan fingerprint density at radius 1 is 1.27 bits per heavy atom. The minimum Gasteiger partial charge on any atom is -0.330 e. The standard InChI is InChI=1S/C11H16Cl2N2/c1-2-7(6-14)11(15)8-3-4-9(12)10(13)5-8/h3-5,7,11H,2,6,14-15H2,1H3. The molecule has 1 aromatic rings. The van der Waals surface area contributed by atoms with E-state index in [4.69, 9.17) is 34.7 Å². The molecule has 0 aliphatic carbocycles. The van der Waals surface area contributed by atoms with Crippen LogP contribution in [0.1, 0.15) is 24.9 Å². The number of benzene rings is 1. The fraction of sp³-hybridized carbons (Fsp3) is 0.455. The molecule has 0 aliphatic heterocycles. The SMILES string of the molecule is CCC(CN)C(N)c1ccc(Cl)c(Cl)c1. The van der Waals surface area contributed by atoms with Crippen molar-refractivity contribution in [1.29, 1.82) is 0 Å². The Labute approximate surface area is 101 Å². The fourth-order valence-electron chi connectivity index (χ4n) is 1.56. The van der Waals surface area contributed by atoms with Crippen molar-refractivity contribution in [3.05, 3.63) is 33.8 Å². The molecule has 0 aromatic heterocycles. The van der Waals surface area contributed by atoms with E-state index in [1.807, 2.05) is 12.1 Å². The van der Waals surface area contributed by atoms with Crippen molar-refractivity contribution in [1.82, 2.24) is 0 Å². The summed E-state index contributed by atoms with van der Waals surface area (Å²) in [5, 5.41) is 1.09. The monoisotopic (exact) mass is 246 g/mol. The van der Waals surface area contributed by atoms with Crippen LogP contribution < -0.4 is 11.5 Å². The normalized spacial score (nSPS) is 15.0. The maximum absolute atomic E-state index is 6.10. The first kappa shape index (κ1) is 12.8. The summed E-state index contributed by atoms with van der Waals surface area (Å²) in [6.07, 6.45) is 0.956. The first-order chi connectivity index (χ1) is 7.10. The first-order valence-corrected chi connectivity index (χ1v) is 5.76. The first-order valence-electron chi connectivity index (χ1n) is 5.00. The third kappa shape index (κ3) is 3.08. The Morgan fingerprint density at radius 3 is 2.40 bits per heavy atom. The predicted octanol–water partition coefficient (Wildman–Crippen LogP) is 2.98. The molecule has 0 saturated carbocycles. The Bertz CT molecular complexity index is 324. The Kier molecular flexibility index (Phi) is 4.87. The van der Waals surface area contributed by atoms with Crippen molar-refractivity contribution >= 4 is 23.2 Å². The number of rotatable bonds is 4. The summed E-state index contributed by atoms with van der Waals surface area (Å²) in [6, 6.07) is 5.40. The van der Waals surface area contributed by atoms with Crippen LogP contribution in [0.15, 0.2) is 18.2 Å². The van der Waals surface area contributed by atoms with Gasteiger partial charge in [0.25, 0.3) is 0 Å². The van der Waals surface area contributed by atoms with E-state index >= 15 is 0 Å². The molecular weight excluding hydrogens is 231 g/mol. The summed E-state index contributed by atoms with van der Waals surface area (Å²) in [7, 11) is 0. The Balaban J connectivity index is 2.90. The third-order valence-corrected chi connectivity index (χ3v) is 3.40. The molecule has 0 bridgehead atoms. The van der Waals surface area contributed by atoms with Crippen LogP contribution in [-0.4, -0.2) is 6.54 Å². The van der Waals surface area contributed by atoms with Gasteiger partial charge in [-0.05, 0) is 30.2 Å². The van der Waals surface area contributed by atoms with E-state index in [9.17, 15) is 0 Å². The highest BCUT2D eigenvalue weighted by molar-refractivity contribution is 6.42. The van der Waals surface area contributed by atoms with Gasteiger partial charge in [-0.1, -0.05) is 42.6 Å². The van der Waals surface area contributed by atoms with Crippen molar-refractivity contribution in [2.75, 3.05) is 6.54 Å². The molecule has 0 saturated heterocycles. The van der Waals surface area contributed by atoms with E-state index in [1.54, 1.807) is 6.07 Å². The number of halogens is 2. The molecule has 0 amide bonds. The molecule has 2 unspecified atom stereocenters. The van der Waals surface area contributed by atoms with Crippen LogP contribution in [0.4, 0.5) is 0 Å². The second-order valence-electron chi connectivity index (χ2n) is 3.60. The van der Waals surface area contributed by atoms with Crippen LogP contribution in [0.3, 0.4) is 0 Å². The highest BCUT2D eigenvalue weighted by Gasteiger charge is 2.16. The van der Waals surface area contributed by atoms with Gasteiger partial charge < -0.3 is 11.5 Å². The summed E-state index contributed by atoms with van der Waals surface area (Å²) in [4.78, 5) is 0. The largest absolute Gasteiger partial charge is 0.330 e. The lowest BCUT2D eigenvalue weighted by atomic mass is 9.92. The average molecular weight is 247 g/mol. The van der Waals surface area contributed by atoms with Crippen LogP contribution in [0.25, 0.3) is 0 Å². The quantitative estimate of drug-likeness (QED) is 0.859. The van der Waals surface area contributed by atoms with Crippen molar-refractivity contribution in [3.8, 4) is 0 Å². The zero-order valence-corrected chi connectivity index (χ0v) is 10.2. The summed E-state index contributed by atoms with van der Waals surface area (Å²) in [6.45, 7) is 2.66. The molecule has 2 atom stereocenters. The molecular formula is C11H16Cl2N2. The Morgan fingerprint density at radius 2 is 1.93 bits per heavy atom. The van der Waals surface area contributed by atoms with E-state index < -0.39 is 0 Å². The molecule has 1 rings (SSSR count). The van der Waals surface area contributed by atoms with Crippen LogP contribution in [0.2, 0.25) is 10.0 Å². The third-order valence-electron chi connectivity index (χ3n) is 2.66. The summed E-state index contributed by atoms with van der Waals surface area (Å²) in [5.41, 5.74) is 12.7. The lowest BCUT2D eigenvalue weighted by molar-refractivity contribution is 0.428. The molecule has 4 N–H and O–H groups in total. The molecule has 2 nitrogen and oxygen atoms in total. The van der Waals surface area contributed by atoms with Crippen molar-refractivity contribution in [3.63, 3.8) is 0 Å². The Hall–Kier alpha value is -0.280. The number of hydrogen-bond acceptors (Lipinski definition) is 2. The van der Waals surface area contributed by atoms with Gasteiger partial charge in [-0.2, -0.15) is 0 Å². The van der Waals surface area contributed by atoms with Gasteiger partial charge in [0.05, 0.1) is 10.0 Å². The molecule has 0 spiro atoms. The molecule has 15 heavy (non-hydrogen) atoms. The minimum atomic E-state index is -0.0743. The van der Waals surface area contributed by atoms with Crippen LogP contribution in [-0.2, 0) is 0 Å². The molecule has 1 aromatic carbocycles. The highest BCUT2D eigenvalue weighted by atomic mass is 35.5. The van der Waals surface area contributed by atoms with Gasteiger partial charge >= 0.3 is 0 Å². The minimum absolute atomic E-state index is 0.0743. The molecule has 0 aliphatic rings. The molecule has 0 radical (unpaired) electrons. The van der Waals surface area contributed by atoms with Gasteiger partial charge in [0.1, 0.15) is 0 Å². The van der Waals surface area contributed by atoms with Crippen LogP contribution in [0.5, 0.6) is 0 Å². The van der Waals surface area contributed by atoms with Crippen molar-refractivity contribution in [2.24, 2.45) is 17.4 Å². The van der Waals surface area contributed by atoms with Gasteiger partial charge in [-0.3, -0.25) is 0 Å². The van der Waals surface area contributed by atoms with Gasteiger partial charge in [0, 0.05) is 6.04 Å². The summed E-state index contributed by atoms with van der Waals surface area (Å²) in [5.74, 6) is 0.280. The van der Waals surface area contributed by atoms with Crippen molar-refractivity contribution in [2.45, 2.75) is 19.4 Å². The van der Waals surface area contributed by atoms with E-state index in [2.05, 4.69) is 6.92 Å². The van der Waals surface area contributed by atoms with Gasteiger partial charge in [-0.25, -0.2) is 0 Å². The fourth-order valence-corrected chi connectivity index (χ4v) is 1.87. The predicted molar refractivity (Wildman–Crippen MR) is 66.2 cm³/mol.